The second-order valence-corrected chi connectivity index (χ2v) is 6.84. The molecule has 0 bridgehead atoms. The number of nitrogens with zero attached hydrogens (tertiary/aromatic N) is 3. The van der Waals surface area contributed by atoms with E-state index < -0.39 is 0 Å². The molecule has 0 saturated carbocycles. The van der Waals surface area contributed by atoms with Crippen LogP contribution in [0, 0.1) is 0 Å². The van der Waals surface area contributed by atoms with Crippen LogP contribution in [0.3, 0.4) is 0 Å². The number of likely N-dealkylation sites (N-methyl/N-ethyl adjacent to an activating group) is 1. The lowest BCUT2D eigenvalue weighted by Gasteiger charge is -2.30. The van der Waals surface area contributed by atoms with E-state index in [1.165, 1.54) is 0 Å². The van der Waals surface area contributed by atoms with E-state index in [4.69, 9.17) is 4.52 Å². The number of hydrogen-bond acceptors (Lipinski definition) is 6. The van der Waals surface area contributed by atoms with E-state index >= 15 is 0 Å². The van der Waals surface area contributed by atoms with E-state index in [0.29, 0.717) is 18.3 Å². The van der Waals surface area contributed by atoms with Crippen molar-refractivity contribution in [3.8, 4) is 11.5 Å². The van der Waals surface area contributed by atoms with Crippen LogP contribution in [-0.4, -0.2) is 53.8 Å². The summed E-state index contributed by atoms with van der Waals surface area (Å²) >= 11 is 0. The van der Waals surface area contributed by atoms with Gasteiger partial charge in [-0.05, 0) is 38.6 Å². The number of aromatic nitrogens is 2. The molecule has 1 fully saturated rings. The summed E-state index contributed by atoms with van der Waals surface area (Å²) < 4.78 is 5.44. The predicted octanol–water partition coefficient (Wildman–Crippen LogP) is 1.94. The smallest absolute Gasteiger partial charge is 0.315 e. The van der Waals surface area contributed by atoms with Gasteiger partial charge in [-0.1, -0.05) is 17.3 Å². The van der Waals surface area contributed by atoms with Gasteiger partial charge in [0, 0.05) is 37.8 Å². The summed E-state index contributed by atoms with van der Waals surface area (Å²) in [6.07, 6.45) is 0. The largest absolute Gasteiger partial charge is 0.336 e. The number of hydrogen-bond donors (Lipinski definition) is 3. The number of rotatable bonds is 5. The fourth-order valence-corrected chi connectivity index (χ4v) is 2.84. The third-order valence-electron chi connectivity index (χ3n) is 4.32. The van der Waals surface area contributed by atoms with E-state index in [1.54, 1.807) is 0 Å². The molecule has 0 aliphatic carbocycles. The minimum Gasteiger partial charge on any atom is -0.336 e. The van der Waals surface area contributed by atoms with Crippen LogP contribution in [0.5, 0.6) is 0 Å². The van der Waals surface area contributed by atoms with Crippen LogP contribution in [0.25, 0.3) is 11.5 Å². The van der Waals surface area contributed by atoms with Crippen LogP contribution >= 0.6 is 12.4 Å². The van der Waals surface area contributed by atoms with Crippen LogP contribution in [0.2, 0.25) is 0 Å². The van der Waals surface area contributed by atoms with Crippen molar-refractivity contribution in [1.29, 1.82) is 0 Å². The molecule has 2 amide bonds. The van der Waals surface area contributed by atoms with Gasteiger partial charge in [0.25, 0.3) is 5.89 Å². The number of piperazine rings is 1. The summed E-state index contributed by atoms with van der Waals surface area (Å²) in [7, 11) is 2.07. The van der Waals surface area contributed by atoms with E-state index in [0.717, 1.165) is 30.8 Å². The van der Waals surface area contributed by atoms with Crippen LogP contribution in [0.15, 0.2) is 28.8 Å². The normalized spacial score (nSPS) is 17.4. The monoisotopic (exact) mass is 394 g/mol. The fraction of sp³-hybridized carbons (Fsp3) is 0.500. The highest BCUT2D eigenvalue weighted by Crippen LogP contribution is 2.23. The molecule has 1 aliphatic rings. The Morgan fingerprint density at radius 2 is 2.11 bits per heavy atom. The maximum absolute atomic E-state index is 11.6. The topological polar surface area (TPSA) is 95.3 Å². The third kappa shape index (κ3) is 5.66. The molecule has 1 aromatic heterocycles. The highest BCUT2D eigenvalue weighted by atomic mass is 35.5. The molecule has 1 aliphatic heterocycles. The third-order valence-corrected chi connectivity index (χ3v) is 4.32. The molecule has 1 unspecified atom stereocenters. The maximum Gasteiger partial charge on any atom is 0.315 e. The SMILES string of the molecule is CC(C)NC(=O)NCc1ccc(-c2nc(C3CNCCN3C)no2)cc1.Cl. The van der Waals surface area contributed by atoms with Crippen molar-refractivity contribution in [3.63, 3.8) is 0 Å². The molecule has 1 atom stereocenters. The quantitative estimate of drug-likeness (QED) is 0.717. The Bertz CT molecular complexity index is 734. The van der Waals surface area contributed by atoms with Gasteiger partial charge in [0.05, 0.1) is 6.04 Å². The zero-order valence-corrected chi connectivity index (χ0v) is 16.7. The molecule has 0 spiro atoms. The summed E-state index contributed by atoms with van der Waals surface area (Å²) in [5, 5.41) is 13.1. The lowest BCUT2D eigenvalue weighted by Crippen LogP contribution is -2.44. The lowest BCUT2D eigenvalue weighted by molar-refractivity contribution is 0.190. The Hall–Kier alpha value is -2.16. The molecule has 1 saturated heterocycles. The molecule has 2 heterocycles. The Balaban J connectivity index is 0.00000261. The average molecular weight is 395 g/mol. The summed E-state index contributed by atoms with van der Waals surface area (Å²) in [4.78, 5) is 18.4. The molecule has 148 valence electrons. The van der Waals surface area contributed by atoms with Crippen molar-refractivity contribution < 1.29 is 9.32 Å². The standard InChI is InChI=1S/C18H26N6O2.ClH/c1-12(2)21-18(25)20-10-13-4-6-14(7-5-13)17-22-16(23-26-17)15-11-19-8-9-24(15)3;/h4-7,12,15,19H,8-11H2,1-3H3,(H2,20,21,25);1H. The highest BCUT2D eigenvalue weighted by molar-refractivity contribution is 5.85. The lowest BCUT2D eigenvalue weighted by atomic mass is 10.1. The Morgan fingerprint density at radius 1 is 1.37 bits per heavy atom. The highest BCUT2D eigenvalue weighted by Gasteiger charge is 2.25. The minimum absolute atomic E-state index is 0. The van der Waals surface area contributed by atoms with Crippen molar-refractivity contribution in [2.45, 2.75) is 32.5 Å². The molecule has 3 N–H and O–H groups in total. The van der Waals surface area contributed by atoms with Crippen LogP contribution in [0.4, 0.5) is 4.79 Å². The van der Waals surface area contributed by atoms with E-state index in [2.05, 4.69) is 38.0 Å². The van der Waals surface area contributed by atoms with Crippen molar-refractivity contribution >= 4 is 18.4 Å². The number of urea groups is 1. The van der Waals surface area contributed by atoms with Gasteiger partial charge in [-0.25, -0.2) is 4.79 Å². The van der Waals surface area contributed by atoms with Gasteiger partial charge in [-0.15, -0.1) is 12.4 Å². The molecule has 9 heteroatoms. The Morgan fingerprint density at radius 3 is 2.78 bits per heavy atom. The summed E-state index contributed by atoms with van der Waals surface area (Å²) in [6, 6.07) is 7.82. The van der Waals surface area contributed by atoms with E-state index in [-0.39, 0.29) is 30.5 Å². The van der Waals surface area contributed by atoms with Gasteiger partial charge < -0.3 is 20.5 Å². The minimum atomic E-state index is -0.171. The molecule has 27 heavy (non-hydrogen) atoms. The first-order valence-corrected chi connectivity index (χ1v) is 8.91. The summed E-state index contributed by atoms with van der Waals surface area (Å²) in [5.41, 5.74) is 1.87. The average Bonchev–Trinajstić information content (AvgIpc) is 3.10. The zero-order chi connectivity index (χ0) is 18.5. The van der Waals surface area contributed by atoms with Crippen molar-refractivity contribution in [3.05, 3.63) is 35.7 Å². The molecule has 0 radical (unpaired) electrons. The number of carbonyl (C=O) groups excluding carboxylic acids is 1. The predicted molar refractivity (Wildman–Crippen MR) is 106 cm³/mol. The van der Waals surface area contributed by atoms with Crippen molar-refractivity contribution in [2.75, 3.05) is 26.7 Å². The first-order chi connectivity index (χ1) is 12.5. The molecular weight excluding hydrogens is 368 g/mol. The van der Waals surface area contributed by atoms with Crippen LogP contribution < -0.4 is 16.0 Å². The Labute approximate surface area is 165 Å². The van der Waals surface area contributed by atoms with Gasteiger partial charge in [-0.3, -0.25) is 4.90 Å². The van der Waals surface area contributed by atoms with E-state index in [9.17, 15) is 4.79 Å². The van der Waals surface area contributed by atoms with Gasteiger partial charge >= 0.3 is 6.03 Å². The fourth-order valence-electron chi connectivity index (χ4n) is 2.84. The molecule has 3 rings (SSSR count). The van der Waals surface area contributed by atoms with Crippen molar-refractivity contribution in [1.82, 2.24) is 31.0 Å². The Kier molecular flexibility index (Phi) is 7.58. The van der Waals surface area contributed by atoms with Crippen LogP contribution in [-0.2, 0) is 6.54 Å². The number of carbonyl (C=O) groups is 1. The molecule has 1 aromatic carbocycles. The number of amides is 2. The first kappa shape index (κ1) is 21.1. The molecular formula is C18H27ClN6O2. The zero-order valence-electron chi connectivity index (χ0n) is 15.9. The second-order valence-electron chi connectivity index (χ2n) is 6.84. The summed E-state index contributed by atoms with van der Waals surface area (Å²) in [5.74, 6) is 1.21. The first-order valence-electron chi connectivity index (χ1n) is 8.91. The number of nitrogens with one attached hydrogen (secondary N) is 3. The van der Waals surface area contributed by atoms with E-state index in [1.807, 2.05) is 38.1 Å². The van der Waals surface area contributed by atoms with Gasteiger partial charge in [0.15, 0.2) is 5.82 Å². The number of benzene rings is 1. The molecule has 8 nitrogen and oxygen atoms in total. The van der Waals surface area contributed by atoms with Crippen LogP contribution in [0.1, 0.15) is 31.3 Å². The van der Waals surface area contributed by atoms with Gasteiger partial charge in [-0.2, -0.15) is 4.98 Å². The number of halogens is 1. The maximum atomic E-state index is 11.6. The van der Waals surface area contributed by atoms with Gasteiger partial charge in [0.1, 0.15) is 0 Å². The van der Waals surface area contributed by atoms with Gasteiger partial charge in [0.2, 0.25) is 0 Å². The van der Waals surface area contributed by atoms with Crippen molar-refractivity contribution in [2.24, 2.45) is 0 Å². The second kappa shape index (κ2) is 9.68. The molecule has 2 aromatic rings. The summed E-state index contributed by atoms with van der Waals surface area (Å²) in [6.45, 7) is 7.07.